The first-order chi connectivity index (χ1) is 8.05. The maximum absolute atomic E-state index is 9.32. The van der Waals surface area contributed by atoms with E-state index in [1.54, 1.807) is 0 Å². The van der Waals surface area contributed by atoms with E-state index in [0.29, 0.717) is 13.1 Å². The second-order valence-corrected chi connectivity index (χ2v) is 5.81. The number of aromatic nitrogens is 3. The van der Waals surface area contributed by atoms with Crippen LogP contribution in [-0.4, -0.2) is 26.7 Å². The number of aliphatic hydroxyl groups excluding tert-OH is 1. The van der Waals surface area contributed by atoms with Gasteiger partial charge in [-0.05, 0) is 25.2 Å². The summed E-state index contributed by atoms with van der Waals surface area (Å²) in [5, 5.41) is 17.6. The molecule has 0 aliphatic heterocycles. The van der Waals surface area contributed by atoms with Gasteiger partial charge < -0.3 is 10.8 Å². The molecule has 1 fully saturated rings. The highest BCUT2D eigenvalue weighted by molar-refractivity contribution is 5.12. The van der Waals surface area contributed by atoms with E-state index in [4.69, 9.17) is 5.73 Å². The second-order valence-electron chi connectivity index (χ2n) is 5.81. The molecule has 1 aromatic rings. The van der Waals surface area contributed by atoms with Crippen LogP contribution in [0.2, 0.25) is 0 Å². The molecule has 0 unspecified atom stereocenters. The van der Waals surface area contributed by atoms with Crippen molar-refractivity contribution in [3.63, 3.8) is 0 Å². The van der Waals surface area contributed by atoms with Gasteiger partial charge in [0.2, 0.25) is 0 Å². The minimum atomic E-state index is -0.169. The van der Waals surface area contributed by atoms with E-state index in [-0.39, 0.29) is 12.0 Å². The molecule has 1 heterocycles. The summed E-state index contributed by atoms with van der Waals surface area (Å²) in [6.07, 6.45) is 3.64. The molecule has 1 aliphatic rings. The number of nitrogens with two attached hydrogens (primary N) is 1. The smallest absolute Gasteiger partial charge is 0.0994 e. The Balaban J connectivity index is 2.17. The molecule has 0 spiro atoms. The van der Waals surface area contributed by atoms with E-state index in [9.17, 15) is 5.11 Å². The first-order valence-corrected chi connectivity index (χ1v) is 6.28. The Hall–Kier alpha value is -0.940. The van der Waals surface area contributed by atoms with Crippen molar-refractivity contribution in [1.82, 2.24) is 15.0 Å². The van der Waals surface area contributed by atoms with Gasteiger partial charge in [0.25, 0.3) is 0 Å². The van der Waals surface area contributed by atoms with Gasteiger partial charge in [-0.25, -0.2) is 4.68 Å². The largest absolute Gasteiger partial charge is 0.396 e. The van der Waals surface area contributed by atoms with Crippen molar-refractivity contribution in [2.24, 2.45) is 17.1 Å². The predicted molar refractivity (Wildman–Crippen MR) is 65.2 cm³/mol. The molecule has 0 amide bonds. The molecular formula is C12H22N4O. The lowest BCUT2D eigenvalue weighted by atomic mass is 9.95. The third kappa shape index (κ3) is 3.04. The standard InChI is InChI=1S/C12H22N4O/c1-12(2,8-17)7-16-11(5-9-3-4-9)10(6-13)14-15-16/h9,17H,3-8,13H2,1-2H3. The molecule has 0 bridgehead atoms. The Bertz CT molecular complexity index is 382. The predicted octanol–water partition coefficient (Wildman–Crippen LogP) is 0.708. The Kier molecular flexibility index (Phi) is 3.49. The van der Waals surface area contributed by atoms with Gasteiger partial charge in [-0.2, -0.15) is 0 Å². The Morgan fingerprint density at radius 2 is 2.18 bits per heavy atom. The molecule has 1 saturated carbocycles. The Morgan fingerprint density at radius 3 is 2.71 bits per heavy atom. The molecule has 1 aliphatic carbocycles. The fourth-order valence-electron chi connectivity index (χ4n) is 1.93. The van der Waals surface area contributed by atoms with Crippen LogP contribution >= 0.6 is 0 Å². The van der Waals surface area contributed by atoms with Gasteiger partial charge in [-0.3, -0.25) is 0 Å². The lowest BCUT2D eigenvalue weighted by Gasteiger charge is -2.22. The van der Waals surface area contributed by atoms with Crippen molar-refractivity contribution in [1.29, 1.82) is 0 Å². The molecule has 0 saturated heterocycles. The van der Waals surface area contributed by atoms with E-state index in [0.717, 1.165) is 23.7 Å². The third-order valence-electron chi connectivity index (χ3n) is 3.30. The number of hydrogen-bond acceptors (Lipinski definition) is 4. The normalized spacial score (nSPS) is 16.5. The molecule has 0 radical (unpaired) electrons. The molecule has 5 nitrogen and oxygen atoms in total. The lowest BCUT2D eigenvalue weighted by Crippen LogP contribution is -2.26. The van der Waals surface area contributed by atoms with Crippen LogP contribution in [0, 0.1) is 11.3 Å². The summed E-state index contributed by atoms with van der Waals surface area (Å²) in [5.74, 6) is 0.787. The van der Waals surface area contributed by atoms with Crippen molar-refractivity contribution < 1.29 is 5.11 Å². The van der Waals surface area contributed by atoms with Gasteiger partial charge in [0.05, 0.1) is 17.9 Å². The zero-order chi connectivity index (χ0) is 12.5. The van der Waals surface area contributed by atoms with Crippen LogP contribution in [0.5, 0.6) is 0 Å². The minimum Gasteiger partial charge on any atom is -0.396 e. The van der Waals surface area contributed by atoms with Crippen molar-refractivity contribution >= 4 is 0 Å². The number of aliphatic hydroxyl groups is 1. The third-order valence-corrected chi connectivity index (χ3v) is 3.30. The van der Waals surface area contributed by atoms with Crippen molar-refractivity contribution in [3.8, 4) is 0 Å². The molecule has 2 rings (SSSR count). The van der Waals surface area contributed by atoms with E-state index < -0.39 is 0 Å². The first kappa shape index (κ1) is 12.5. The van der Waals surface area contributed by atoms with Crippen LogP contribution in [0.1, 0.15) is 38.1 Å². The Morgan fingerprint density at radius 1 is 1.47 bits per heavy atom. The maximum atomic E-state index is 9.32. The average molecular weight is 238 g/mol. The number of rotatable bonds is 6. The molecule has 5 heteroatoms. The molecule has 17 heavy (non-hydrogen) atoms. The van der Waals surface area contributed by atoms with Crippen LogP contribution in [0.15, 0.2) is 0 Å². The zero-order valence-corrected chi connectivity index (χ0v) is 10.7. The highest BCUT2D eigenvalue weighted by atomic mass is 16.3. The molecule has 1 aromatic heterocycles. The fourth-order valence-corrected chi connectivity index (χ4v) is 1.93. The second kappa shape index (κ2) is 4.74. The van der Waals surface area contributed by atoms with Crippen molar-refractivity contribution in [2.45, 2.75) is 46.2 Å². The highest BCUT2D eigenvalue weighted by Crippen LogP contribution is 2.33. The zero-order valence-electron chi connectivity index (χ0n) is 10.7. The molecule has 96 valence electrons. The van der Waals surface area contributed by atoms with E-state index >= 15 is 0 Å². The SMILES string of the molecule is CC(C)(CO)Cn1nnc(CN)c1CC1CC1. The molecule has 0 aromatic carbocycles. The van der Waals surface area contributed by atoms with Gasteiger partial charge in [0.1, 0.15) is 0 Å². The quantitative estimate of drug-likeness (QED) is 0.765. The number of hydrogen-bond donors (Lipinski definition) is 2. The van der Waals surface area contributed by atoms with E-state index in [1.165, 1.54) is 12.8 Å². The van der Waals surface area contributed by atoms with Crippen LogP contribution in [0.25, 0.3) is 0 Å². The summed E-state index contributed by atoms with van der Waals surface area (Å²) >= 11 is 0. The summed E-state index contributed by atoms with van der Waals surface area (Å²) in [6, 6.07) is 0. The molecule has 0 atom stereocenters. The maximum Gasteiger partial charge on any atom is 0.0994 e. The summed E-state index contributed by atoms with van der Waals surface area (Å²) in [5.41, 5.74) is 7.59. The van der Waals surface area contributed by atoms with Crippen LogP contribution < -0.4 is 5.73 Å². The Labute approximate surface area is 102 Å². The van der Waals surface area contributed by atoms with Gasteiger partial charge in [0.15, 0.2) is 0 Å². The molecule has 3 N–H and O–H groups in total. The monoisotopic (exact) mass is 238 g/mol. The summed E-state index contributed by atoms with van der Waals surface area (Å²) in [4.78, 5) is 0. The van der Waals surface area contributed by atoms with Crippen LogP contribution in [0.4, 0.5) is 0 Å². The van der Waals surface area contributed by atoms with E-state index in [1.807, 2.05) is 18.5 Å². The van der Waals surface area contributed by atoms with Gasteiger partial charge in [-0.15, -0.1) is 5.10 Å². The van der Waals surface area contributed by atoms with Gasteiger partial charge >= 0.3 is 0 Å². The minimum absolute atomic E-state index is 0.147. The van der Waals surface area contributed by atoms with Gasteiger partial charge in [0, 0.05) is 18.6 Å². The van der Waals surface area contributed by atoms with Crippen molar-refractivity contribution in [3.05, 3.63) is 11.4 Å². The molecular weight excluding hydrogens is 216 g/mol. The fraction of sp³-hybridized carbons (Fsp3) is 0.833. The highest BCUT2D eigenvalue weighted by Gasteiger charge is 2.27. The average Bonchev–Trinajstić information content (AvgIpc) is 3.03. The van der Waals surface area contributed by atoms with Crippen LogP contribution in [-0.2, 0) is 19.5 Å². The summed E-state index contributed by atoms with van der Waals surface area (Å²) in [6.45, 7) is 5.34. The van der Waals surface area contributed by atoms with E-state index in [2.05, 4.69) is 10.3 Å². The van der Waals surface area contributed by atoms with Gasteiger partial charge in [-0.1, -0.05) is 19.1 Å². The van der Waals surface area contributed by atoms with Crippen molar-refractivity contribution in [2.75, 3.05) is 6.61 Å². The summed E-state index contributed by atoms with van der Waals surface area (Å²) in [7, 11) is 0. The van der Waals surface area contributed by atoms with Crippen LogP contribution in [0.3, 0.4) is 0 Å². The lowest BCUT2D eigenvalue weighted by molar-refractivity contribution is 0.134. The number of nitrogens with zero attached hydrogens (tertiary/aromatic N) is 3. The topological polar surface area (TPSA) is 77.0 Å². The first-order valence-electron chi connectivity index (χ1n) is 6.28. The summed E-state index contributed by atoms with van der Waals surface area (Å²) < 4.78 is 1.93.